The number of nitrogens with one attached hydrogen (secondary N) is 1. The van der Waals surface area contributed by atoms with Crippen LogP contribution in [0.15, 0.2) is 76.2 Å². The van der Waals surface area contributed by atoms with Gasteiger partial charge in [0, 0.05) is 16.1 Å². The van der Waals surface area contributed by atoms with E-state index in [1.54, 1.807) is 55.6 Å². The predicted octanol–water partition coefficient (Wildman–Crippen LogP) is 4.52. The first kappa shape index (κ1) is 17.8. The van der Waals surface area contributed by atoms with Crippen LogP contribution < -0.4 is 10.1 Å². The fourth-order valence-electron chi connectivity index (χ4n) is 2.26. The van der Waals surface area contributed by atoms with Crippen molar-refractivity contribution in [2.45, 2.75) is 4.90 Å². The van der Waals surface area contributed by atoms with E-state index >= 15 is 0 Å². The minimum atomic E-state index is -0.302. The predicted molar refractivity (Wildman–Crippen MR) is 101 cm³/mol. The Bertz CT molecular complexity index is 888. The zero-order valence-corrected chi connectivity index (χ0v) is 14.9. The monoisotopic (exact) mass is 367 g/mol. The smallest absolute Gasteiger partial charge is 0.291 e. The van der Waals surface area contributed by atoms with Crippen molar-refractivity contribution in [1.82, 2.24) is 0 Å². The van der Waals surface area contributed by atoms with Crippen molar-refractivity contribution in [2.75, 3.05) is 18.2 Å². The van der Waals surface area contributed by atoms with Crippen LogP contribution in [0.25, 0.3) is 0 Å². The molecule has 0 fully saturated rings. The summed E-state index contributed by atoms with van der Waals surface area (Å²) < 4.78 is 10.2. The summed E-state index contributed by atoms with van der Waals surface area (Å²) in [7, 11) is 1.57. The first-order valence-corrected chi connectivity index (χ1v) is 8.89. The highest BCUT2D eigenvalue weighted by Gasteiger charge is 2.10. The van der Waals surface area contributed by atoms with Crippen molar-refractivity contribution >= 4 is 29.1 Å². The first-order chi connectivity index (χ1) is 12.7. The second-order valence-electron chi connectivity index (χ2n) is 5.40. The van der Waals surface area contributed by atoms with Gasteiger partial charge in [-0.25, -0.2) is 0 Å². The molecule has 1 heterocycles. The molecule has 1 aromatic heterocycles. The molecule has 6 heteroatoms. The van der Waals surface area contributed by atoms with Crippen molar-refractivity contribution in [3.05, 3.63) is 78.3 Å². The van der Waals surface area contributed by atoms with E-state index in [9.17, 15) is 9.59 Å². The topological polar surface area (TPSA) is 68.5 Å². The largest absolute Gasteiger partial charge is 0.497 e. The lowest BCUT2D eigenvalue weighted by Gasteiger charge is -2.06. The average molecular weight is 367 g/mol. The van der Waals surface area contributed by atoms with Gasteiger partial charge < -0.3 is 14.5 Å². The molecule has 3 rings (SSSR count). The molecule has 0 aliphatic carbocycles. The third-order valence-electron chi connectivity index (χ3n) is 3.62. The number of carbonyl (C=O) groups excluding carboxylic acids is 2. The van der Waals surface area contributed by atoms with Gasteiger partial charge in [-0.05, 0) is 48.5 Å². The average Bonchev–Trinajstić information content (AvgIpc) is 3.22. The van der Waals surface area contributed by atoms with E-state index < -0.39 is 0 Å². The van der Waals surface area contributed by atoms with Gasteiger partial charge >= 0.3 is 0 Å². The molecule has 2 aromatic carbocycles. The van der Waals surface area contributed by atoms with Crippen LogP contribution in [0.4, 0.5) is 5.69 Å². The number of ketones is 1. The number of rotatable bonds is 7. The third-order valence-corrected chi connectivity index (χ3v) is 4.63. The second kappa shape index (κ2) is 8.40. The summed E-state index contributed by atoms with van der Waals surface area (Å²) in [5.74, 6) is 0.975. The number of carbonyl (C=O) groups is 2. The maximum Gasteiger partial charge on any atom is 0.291 e. The number of ether oxygens (including phenoxy) is 1. The summed E-state index contributed by atoms with van der Waals surface area (Å²) in [6.07, 6.45) is 1.45. The van der Waals surface area contributed by atoms with Gasteiger partial charge in [-0.15, -0.1) is 11.8 Å². The van der Waals surface area contributed by atoms with Gasteiger partial charge in [-0.2, -0.15) is 0 Å². The van der Waals surface area contributed by atoms with Gasteiger partial charge in [0.1, 0.15) is 5.75 Å². The number of thioether (sulfide) groups is 1. The summed E-state index contributed by atoms with van der Waals surface area (Å²) in [6.45, 7) is 0. The first-order valence-electron chi connectivity index (χ1n) is 7.90. The maximum absolute atomic E-state index is 12.3. The Morgan fingerprint density at radius 2 is 1.88 bits per heavy atom. The van der Waals surface area contributed by atoms with Crippen LogP contribution in [0.5, 0.6) is 5.75 Å². The molecule has 0 saturated carbocycles. The summed E-state index contributed by atoms with van der Waals surface area (Å²) >= 11 is 1.44. The van der Waals surface area contributed by atoms with Gasteiger partial charge in [0.05, 0.1) is 19.1 Å². The van der Waals surface area contributed by atoms with Crippen LogP contribution in [-0.4, -0.2) is 24.6 Å². The van der Waals surface area contributed by atoms with Crippen molar-refractivity contribution in [3.8, 4) is 5.75 Å². The van der Waals surface area contributed by atoms with E-state index in [-0.39, 0.29) is 17.5 Å². The number of methoxy groups -OCH3 is 1. The SMILES string of the molecule is COc1cccc(C(=O)CSc2ccc(NC(=O)c3ccco3)cc2)c1. The number of benzene rings is 2. The Labute approximate surface area is 155 Å². The Morgan fingerprint density at radius 1 is 1.08 bits per heavy atom. The molecule has 1 N–H and O–H groups in total. The minimum Gasteiger partial charge on any atom is -0.497 e. The van der Waals surface area contributed by atoms with E-state index in [1.807, 2.05) is 12.1 Å². The molecule has 3 aromatic rings. The van der Waals surface area contributed by atoms with Crippen LogP contribution in [0.2, 0.25) is 0 Å². The van der Waals surface area contributed by atoms with Crippen LogP contribution in [0, 0.1) is 0 Å². The Balaban J connectivity index is 1.55. The molecule has 0 aliphatic heterocycles. The molecular formula is C20H17NO4S. The number of hydrogen-bond acceptors (Lipinski definition) is 5. The molecule has 26 heavy (non-hydrogen) atoms. The van der Waals surface area contributed by atoms with E-state index in [0.29, 0.717) is 22.8 Å². The molecule has 132 valence electrons. The molecule has 0 bridgehead atoms. The highest BCUT2D eigenvalue weighted by molar-refractivity contribution is 8.00. The van der Waals surface area contributed by atoms with Crippen molar-refractivity contribution in [3.63, 3.8) is 0 Å². The van der Waals surface area contributed by atoms with Crippen molar-refractivity contribution < 1.29 is 18.7 Å². The van der Waals surface area contributed by atoms with E-state index in [1.165, 1.54) is 18.0 Å². The lowest BCUT2D eigenvalue weighted by atomic mass is 10.1. The fraction of sp³-hybridized carbons (Fsp3) is 0.100. The number of hydrogen-bond donors (Lipinski definition) is 1. The van der Waals surface area contributed by atoms with Crippen molar-refractivity contribution in [1.29, 1.82) is 0 Å². The Kier molecular flexibility index (Phi) is 5.76. The Morgan fingerprint density at radius 3 is 2.58 bits per heavy atom. The number of amides is 1. The fourth-order valence-corrected chi connectivity index (χ4v) is 3.06. The molecule has 0 saturated heterocycles. The lowest BCUT2D eigenvalue weighted by Crippen LogP contribution is -2.10. The zero-order valence-electron chi connectivity index (χ0n) is 14.1. The molecule has 0 radical (unpaired) electrons. The molecule has 0 spiro atoms. The summed E-state index contributed by atoms with van der Waals surface area (Å²) in [5, 5.41) is 2.75. The van der Waals surface area contributed by atoms with E-state index in [0.717, 1.165) is 4.90 Å². The van der Waals surface area contributed by atoms with Gasteiger partial charge in [-0.1, -0.05) is 12.1 Å². The lowest BCUT2D eigenvalue weighted by molar-refractivity contribution is 0.0994. The molecular weight excluding hydrogens is 350 g/mol. The number of furan rings is 1. The van der Waals surface area contributed by atoms with Gasteiger partial charge in [0.2, 0.25) is 0 Å². The molecule has 0 aliphatic rings. The van der Waals surface area contributed by atoms with E-state index in [4.69, 9.17) is 9.15 Å². The summed E-state index contributed by atoms with van der Waals surface area (Å²) in [6, 6.07) is 17.7. The second-order valence-corrected chi connectivity index (χ2v) is 6.45. The Hall–Kier alpha value is -2.99. The minimum absolute atomic E-state index is 0.0316. The summed E-state index contributed by atoms with van der Waals surface area (Å²) in [4.78, 5) is 25.1. The summed E-state index contributed by atoms with van der Waals surface area (Å²) in [5.41, 5.74) is 1.29. The number of anilines is 1. The van der Waals surface area contributed by atoms with Gasteiger partial charge in [-0.3, -0.25) is 9.59 Å². The standard InChI is InChI=1S/C20H17NO4S/c1-24-16-5-2-4-14(12-16)18(22)13-26-17-9-7-15(8-10-17)21-20(23)19-6-3-11-25-19/h2-12H,13H2,1H3,(H,21,23). The molecule has 1 amide bonds. The molecule has 5 nitrogen and oxygen atoms in total. The zero-order chi connectivity index (χ0) is 18.4. The van der Waals surface area contributed by atoms with Gasteiger partial charge in [0.15, 0.2) is 11.5 Å². The van der Waals surface area contributed by atoms with Crippen molar-refractivity contribution in [2.24, 2.45) is 0 Å². The highest BCUT2D eigenvalue weighted by Crippen LogP contribution is 2.22. The maximum atomic E-state index is 12.3. The van der Waals surface area contributed by atoms with Crippen LogP contribution in [-0.2, 0) is 0 Å². The van der Waals surface area contributed by atoms with Crippen LogP contribution in [0.3, 0.4) is 0 Å². The highest BCUT2D eigenvalue weighted by atomic mass is 32.2. The third kappa shape index (κ3) is 4.55. The van der Waals surface area contributed by atoms with E-state index in [2.05, 4.69) is 5.32 Å². The normalized spacial score (nSPS) is 10.3. The van der Waals surface area contributed by atoms with Gasteiger partial charge in [0.25, 0.3) is 5.91 Å². The van der Waals surface area contributed by atoms with Crippen LogP contribution >= 0.6 is 11.8 Å². The molecule has 0 unspecified atom stereocenters. The number of Topliss-reactive ketones (excluding diaryl/α,β-unsaturated/α-hetero) is 1. The molecule has 0 atom stereocenters. The quantitative estimate of drug-likeness (QED) is 0.491. The van der Waals surface area contributed by atoms with Crippen LogP contribution in [0.1, 0.15) is 20.9 Å².